The molecule has 0 fully saturated rings. The third-order valence-corrected chi connectivity index (χ3v) is 4.12. The van der Waals surface area contributed by atoms with Gasteiger partial charge in [0.1, 0.15) is 18.0 Å². The summed E-state index contributed by atoms with van der Waals surface area (Å²) in [4.78, 5) is 24.6. The molecule has 1 aromatic heterocycles. The topological polar surface area (TPSA) is 106 Å². The number of carbonyl (C=O) groups excluding carboxylic acids is 1. The number of rotatable bonds is 6. The van der Waals surface area contributed by atoms with E-state index in [-0.39, 0.29) is 6.54 Å². The van der Waals surface area contributed by atoms with Crippen molar-refractivity contribution in [3.63, 3.8) is 0 Å². The van der Waals surface area contributed by atoms with Gasteiger partial charge < -0.3 is 14.8 Å². The predicted octanol–water partition coefficient (Wildman–Crippen LogP) is 2.44. The van der Waals surface area contributed by atoms with Crippen molar-refractivity contribution in [3.8, 4) is 28.8 Å². The van der Waals surface area contributed by atoms with Crippen molar-refractivity contribution in [2.24, 2.45) is 0 Å². The minimum absolute atomic E-state index is 0.282. The number of methoxy groups -OCH3 is 2. The van der Waals surface area contributed by atoms with Crippen molar-refractivity contribution < 1.29 is 14.3 Å². The SMILES string of the molecule is COc1ccc(OC)c(-c2ccc(=O)n(CC(=O)Nc3cccc(C#N)c3)n2)c1. The van der Waals surface area contributed by atoms with E-state index in [0.717, 1.165) is 4.68 Å². The zero-order chi connectivity index (χ0) is 20.8. The van der Waals surface area contributed by atoms with Crippen molar-refractivity contribution >= 4 is 11.6 Å². The molecule has 8 nitrogen and oxygen atoms in total. The Morgan fingerprint density at radius 1 is 1.14 bits per heavy atom. The Bertz CT molecular complexity index is 1150. The van der Waals surface area contributed by atoms with Gasteiger partial charge in [-0.1, -0.05) is 6.07 Å². The van der Waals surface area contributed by atoms with Crippen LogP contribution in [-0.4, -0.2) is 29.9 Å². The van der Waals surface area contributed by atoms with E-state index in [9.17, 15) is 9.59 Å². The lowest BCUT2D eigenvalue weighted by Crippen LogP contribution is -2.29. The Morgan fingerprint density at radius 3 is 2.69 bits per heavy atom. The molecule has 1 N–H and O–H groups in total. The summed E-state index contributed by atoms with van der Waals surface area (Å²) in [7, 11) is 3.08. The van der Waals surface area contributed by atoms with Crippen molar-refractivity contribution in [1.82, 2.24) is 9.78 Å². The molecule has 0 aliphatic carbocycles. The first-order chi connectivity index (χ1) is 14.0. The lowest BCUT2D eigenvalue weighted by molar-refractivity contribution is -0.117. The Morgan fingerprint density at radius 2 is 1.97 bits per heavy atom. The van der Waals surface area contributed by atoms with Crippen LogP contribution >= 0.6 is 0 Å². The van der Waals surface area contributed by atoms with Crippen LogP contribution in [0, 0.1) is 11.3 Å². The third kappa shape index (κ3) is 4.59. The minimum Gasteiger partial charge on any atom is -0.497 e. The highest BCUT2D eigenvalue weighted by molar-refractivity contribution is 5.90. The first kappa shape index (κ1) is 19.6. The van der Waals surface area contributed by atoms with Crippen LogP contribution in [0.1, 0.15) is 5.56 Å². The van der Waals surface area contributed by atoms with E-state index in [1.807, 2.05) is 6.07 Å². The second-order valence-electron chi connectivity index (χ2n) is 6.02. The molecule has 0 aliphatic heterocycles. The van der Waals surface area contributed by atoms with Crippen LogP contribution in [0.3, 0.4) is 0 Å². The molecule has 0 saturated carbocycles. The van der Waals surface area contributed by atoms with Gasteiger partial charge in [-0.3, -0.25) is 9.59 Å². The fourth-order valence-corrected chi connectivity index (χ4v) is 2.72. The molecule has 1 amide bonds. The summed E-state index contributed by atoms with van der Waals surface area (Å²) in [6.07, 6.45) is 0. The van der Waals surface area contributed by atoms with Crippen molar-refractivity contribution in [1.29, 1.82) is 5.26 Å². The van der Waals surface area contributed by atoms with E-state index in [0.29, 0.717) is 34.0 Å². The van der Waals surface area contributed by atoms with Crippen molar-refractivity contribution in [3.05, 3.63) is 70.5 Å². The fraction of sp³-hybridized carbons (Fsp3) is 0.143. The van der Waals surface area contributed by atoms with Crippen LogP contribution in [0.4, 0.5) is 5.69 Å². The van der Waals surface area contributed by atoms with E-state index in [2.05, 4.69) is 10.4 Å². The average molecular weight is 390 g/mol. The second kappa shape index (κ2) is 8.71. The maximum atomic E-state index is 12.4. The number of ether oxygens (including phenoxy) is 2. The highest BCUT2D eigenvalue weighted by Crippen LogP contribution is 2.31. The predicted molar refractivity (Wildman–Crippen MR) is 107 cm³/mol. The third-order valence-electron chi connectivity index (χ3n) is 4.12. The lowest BCUT2D eigenvalue weighted by Gasteiger charge is -2.12. The summed E-state index contributed by atoms with van der Waals surface area (Å²) in [5.74, 6) is 0.723. The van der Waals surface area contributed by atoms with Gasteiger partial charge in [0.15, 0.2) is 0 Å². The Balaban J connectivity index is 1.87. The number of hydrogen-bond acceptors (Lipinski definition) is 6. The number of carbonyl (C=O) groups is 1. The molecule has 2 aromatic carbocycles. The van der Waals surface area contributed by atoms with E-state index in [4.69, 9.17) is 14.7 Å². The molecular weight excluding hydrogens is 372 g/mol. The number of aromatic nitrogens is 2. The largest absolute Gasteiger partial charge is 0.497 e. The molecular formula is C21H18N4O4. The molecule has 1 heterocycles. The van der Waals surface area contributed by atoms with Gasteiger partial charge in [0, 0.05) is 17.3 Å². The molecule has 0 radical (unpaired) electrons. The number of amides is 1. The molecule has 0 bridgehead atoms. The van der Waals surface area contributed by atoms with Crippen molar-refractivity contribution in [2.75, 3.05) is 19.5 Å². The fourth-order valence-electron chi connectivity index (χ4n) is 2.72. The van der Waals surface area contributed by atoms with Gasteiger partial charge in [-0.25, -0.2) is 4.68 Å². The number of nitrogens with zero attached hydrogens (tertiary/aromatic N) is 3. The number of nitriles is 1. The van der Waals surface area contributed by atoms with E-state index >= 15 is 0 Å². The second-order valence-corrected chi connectivity index (χ2v) is 6.02. The summed E-state index contributed by atoms with van der Waals surface area (Å²) < 4.78 is 11.7. The molecule has 0 aliphatic rings. The average Bonchev–Trinajstić information content (AvgIpc) is 2.74. The summed E-state index contributed by atoms with van der Waals surface area (Å²) >= 11 is 0. The van der Waals surface area contributed by atoms with Crippen LogP contribution < -0.4 is 20.3 Å². The van der Waals surface area contributed by atoms with Gasteiger partial charge >= 0.3 is 0 Å². The van der Waals surface area contributed by atoms with Gasteiger partial charge in [-0.2, -0.15) is 10.4 Å². The summed E-state index contributed by atoms with van der Waals surface area (Å²) in [6, 6.07) is 16.6. The van der Waals surface area contributed by atoms with E-state index in [1.165, 1.54) is 13.2 Å². The maximum absolute atomic E-state index is 12.4. The zero-order valence-corrected chi connectivity index (χ0v) is 15.9. The highest BCUT2D eigenvalue weighted by Gasteiger charge is 2.13. The van der Waals surface area contributed by atoms with Gasteiger partial charge in [0.25, 0.3) is 5.56 Å². The van der Waals surface area contributed by atoms with Crippen LogP contribution in [0.15, 0.2) is 59.4 Å². The summed E-state index contributed by atoms with van der Waals surface area (Å²) in [5, 5.41) is 15.9. The van der Waals surface area contributed by atoms with Crippen LogP contribution in [0.5, 0.6) is 11.5 Å². The van der Waals surface area contributed by atoms with E-state index < -0.39 is 11.5 Å². The highest BCUT2D eigenvalue weighted by atomic mass is 16.5. The molecule has 0 unspecified atom stereocenters. The molecule has 0 spiro atoms. The molecule has 3 aromatic rings. The molecule has 29 heavy (non-hydrogen) atoms. The number of hydrogen-bond donors (Lipinski definition) is 1. The van der Waals surface area contributed by atoms with Crippen LogP contribution in [0.2, 0.25) is 0 Å². The summed E-state index contributed by atoms with van der Waals surface area (Å²) in [6.45, 7) is -0.282. The van der Waals surface area contributed by atoms with Crippen LogP contribution in [0.25, 0.3) is 11.3 Å². The maximum Gasteiger partial charge on any atom is 0.267 e. The number of anilines is 1. The van der Waals surface area contributed by atoms with Gasteiger partial charge in [0.05, 0.1) is 31.5 Å². The van der Waals surface area contributed by atoms with Gasteiger partial charge in [-0.05, 0) is 42.5 Å². The molecule has 3 rings (SSSR count). The standard InChI is InChI=1S/C21H18N4O4/c1-28-16-6-8-19(29-2)17(11-16)18-7-9-21(27)25(24-18)13-20(26)23-15-5-3-4-14(10-15)12-22/h3-11H,13H2,1-2H3,(H,23,26). The van der Waals surface area contributed by atoms with Crippen molar-refractivity contribution in [2.45, 2.75) is 6.54 Å². The molecule has 8 heteroatoms. The molecule has 146 valence electrons. The minimum atomic E-state index is -0.440. The smallest absolute Gasteiger partial charge is 0.267 e. The summed E-state index contributed by atoms with van der Waals surface area (Å²) in [5.41, 5.74) is 1.55. The number of benzene rings is 2. The van der Waals surface area contributed by atoms with Crippen LogP contribution in [-0.2, 0) is 11.3 Å². The van der Waals surface area contributed by atoms with Gasteiger partial charge in [-0.15, -0.1) is 0 Å². The Labute approximate surface area is 166 Å². The first-order valence-electron chi connectivity index (χ1n) is 8.64. The van der Waals surface area contributed by atoms with E-state index in [1.54, 1.807) is 55.6 Å². The Hall–Kier alpha value is -4.12. The first-order valence-corrected chi connectivity index (χ1v) is 8.64. The molecule has 0 atom stereocenters. The Kier molecular flexibility index (Phi) is 5.90. The zero-order valence-electron chi connectivity index (χ0n) is 15.9. The lowest BCUT2D eigenvalue weighted by atomic mass is 10.1. The quantitative estimate of drug-likeness (QED) is 0.693. The van der Waals surface area contributed by atoms with Gasteiger partial charge in [0.2, 0.25) is 5.91 Å². The number of nitrogens with one attached hydrogen (secondary N) is 1. The monoisotopic (exact) mass is 390 g/mol. The normalized spacial score (nSPS) is 10.1. The molecule has 0 saturated heterocycles.